The minimum Gasteiger partial charge on any atom is -0.483 e. The number of benzene rings is 2. The van der Waals surface area contributed by atoms with Crippen LogP contribution in [0.15, 0.2) is 30.3 Å². The number of hydrogen-bond acceptors (Lipinski definition) is 5. The average Bonchev–Trinajstić information content (AvgIpc) is 2.77. The molecule has 2 rings (SSSR count). The van der Waals surface area contributed by atoms with E-state index in [-0.39, 0.29) is 23.3 Å². The van der Waals surface area contributed by atoms with Crippen LogP contribution in [0.2, 0.25) is 0 Å². The van der Waals surface area contributed by atoms with Gasteiger partial charge in [0.05, 0.1) is 14.4 Å². The van der Waals surface area contributed by atoms with E-state index in [1.807, 2.05) is 0 Å². The molecule has 0 fully saturated rings. The van der Waals surface area contributed by atoms with Crippen LogP contribution in [0, 0.1) is 28.8 Å². The van der Waals surface area contributed by atoms with Crippen molar-refractivity contribution in [1.29, 1.82) is 5.26 Å². The molecule has 158 valence electrons. The second-order valence-corrected chi connectivity index (χ2v) is 5.74. The van der Waals surface area contributed by atoms with E-state index in [0.717, 1.165) is 12.1 Å². The Hall–Kier alpha value is -3.58. The van der Waals surface area contributed by atoms with Crippen molar-refractivity contribution < 1.29 is 37.1 Å². The van der Waals surface area contributed by atoms with Gasteiger partial charge in [-0.05, 0) is 18.5 Å². The summed E-state index contributed by atoms with van der Waals surface area (Å²) in [6.07, 6.45) is -3.51. The van der Waals surface area contributed by atoms with Crippen LogP contribution >= 0.6 is 0 Å². The molecular formula is C20H19F3N4O3. The third-order valence-electron chi connectivity index (χ3n) is 3.72. The molecular weight excluding hydrogens is 401 g/mol. The molecule has 3 N–H and O–H groups in total. The van der Waals surface area contributed by atoms with Gasteiger partial charge in [-0.3, -0.25) is 15.0 Å². The van der Waals surface area contributed by atoms with E-state index in [4.69, 9.17) is 25.4 Å². The number of nitriles is 1. The highest BCUT2D eigenvalue weighted by molar-refractivity contribution is 5.85. The van der Waals surface area contributed by atoms with E-state index >= 15 is 0 Å². The summed E-state index contributed by atoms with van der Waals surface area (Å²) in [4.78, 5) is 25.3. The number of nitrogens with zero attached hydrogens (tertiary/aromatic N) is 2. The molecule has 2 aromatic rings. The van der Waals surface area contributed by atoms with E-state index in [0.29, 0.717) is 4.90 Å². The fourth-order valence-corrected chi connectivity index (χ4v) is 2.28. The van der Waals surface area contributed by atoms with Gasteiger partial charge in [0, 0.05) is 36.7 Å². The highest BCUT2D eigenvalue weighted by Gasteiger charge is 2.21. The second-order valence-electron chi connectivity index (χ2n) is 5.74. The van der Waals surface area contributed by atoms with E-state index in [2.05, 4.69) is 0 Å². The molecule has 0 aliphatic carbocycles. The molecule has 7 nitrogen and oxygen atoms in total. The predicted molar refractivity (Wildman–Crippen MR) is 100 cm³/mol. The van der Waals surface area contributed by atoms with Gasteiger partial charge in [0.25, 0.3) is 11.8 Å². The van der Waals surface area contributed by atoms with Gasteiger partial charge in [0.1, 0.15) is 29.7 Å². The Morgan fingerprint density at radius 3 is 2.70 bits per heavy atom. The van der Waals surface area contributed by atoms with Crippen molar-refractivity contribution in [2.75, 3.05) is 13.1 Å². The smallest absolute Gasteiger partial charge is 0.261 e. The van der Waals surface area contributed by atoms with Crippen LogP contribution in [0.4, 0.5) is 13.2 Å². The van der Waals surface area contributed by atoms with Crippen molar-refractivity contribution in [3.05, 3.63) is 64.5 Å². The zero-order valence-electron chi connectivity index (χ0n) is 22.1. The first-order valence-electron chi connectivity index (χ1n) is 11.6. The summed E-state index contributed by atoms with van der Waals surface area (Å²) in [5.41, 5.74) is -0.0211. The van der Waals surface area contributed by atoms with Crippen molar-refractivity contribution in [2.24, 2.45) is 5.84 Å². The first kappa shape index (κ1) is 14.4. The van der Waals surface area contributed by atoms with Crippen LogP contribution < -0.4 is 16.0 Å². The van der Waals surface area contributed by atoms with Gasteiger partial charge in [-0.2, -0.15) is 5.26 Å². The maximum atomic E-state index is 14.5. The molecule has 10 heteroatoms. The SMILES string of the molecule is [2H]C([2H])(Oc1cc(F)cc(F)c1C([2H])([2H])C([2H])([2H])[2H])C(=O)N(CC(=O)NN)Cc1ccc(C#N)cc1F. The fraction of sp³-hybridized carbons (Fsp3) is 0.250. The van der Waals surface area contributed by atoms with Gasteiger partial charge in [-0.1, -0.05) is 12.9 Å². The Morgan fingerprint density at radius 1 is 1.30 bits per heavy atom. The van der Waals surface area contributed by atoms with Crippen molar-refractivity contribution in [2.45, 2.75) is 19.8 Å². The number of carbonyl (C=O) groups excluding carboxylic acids is 2. The predicted octanol–water partition coefficient (Wildman–Crippen LogP) is 1.94. The molecule has 0 heterocycles. The van der Waals surface area contributed by atoms with Crippen LogP contribution in [0.5, 0.6) is 5.75 Å². The van der Waals surface area contributed by atoms with Gasteiger partial charge >= 0.3 is 0 Å². The molecule has 0 bridgehead atoms. The first-order valence-corrected chi connectivity index (χ1v) is 8.10. The summed E-state index contributed by atoms with van der Waals surface area (Å²) in [7, 11) is 0. The van der Waals surface area contributed by atoms with Crippen molar-refractivity contribution in [1.82, 2.24) is 10.3 Å². The maximum Gasteiger partial charge on any atom is 0.261 e. The first-order chi connectivity index (χ1) is 16.9. The number of nitrogens with two attached hydrogens (primary N) is 1. The van der Waals surface area contributed by atoms with E-state index in [9.17, 15) is 22.8 Å². The number of amides is 2. The van der Waals surface area contributed by atoms with Crippen molar-refractivity contribution in [3.63, 3.8) is 0 Å². The summed E-state index contributed by atoms with van der Waals surface area (Å²) in [6.45, 7) is -8.80. The molecule has 0 aliphatic heterocycles. The van der Waals surface area contributed by atoms with E-state index < -0.39 is 73.5 Å². The summed E-state index contributed by atoms with van der Waals surface area (Å²) < 4.78 is 101. The average molecular weight is 427 g/mol. The van der Waals surface area contributed by atoms with Crippen LogP contribution in [0.3, 0.4) is 0 Å². The lowest BCUT2D eigenvalue weighted by Crippen LogP contribution is -2.44. The molecule has 0 aromatic heterocycles. The Kier molecular flexibility index (Phi) is 4.93. The molecule has 2 aromatic carbocycles. The standard InChI is InChI=1S/C20H19F3N4O3/c1-2-15-17(23)6-14(21)7-18(15)30-11-20(29)27(10-19(28)26-25)9-13-4-3-12(8-24)5-16(13)22/h3-7H,2,9-11,25H2,1H3,(H,26,28)/i1D3,2D2,11D2. The number of carbonyl (C=O) groups is 2. The molecule has 0 atom stereocenters. The summed E-state index contributed by atoms with van der Waals surface area (Å²) in [5.74, 6) is -3.10. The fourth-order valence-electron chi connectivity index (χ4n) is 2.28. The van der Waals surface area contributed by atoms with Crippen molar-refractivity contribution >= 4 is 11.8 Å². The van der Waals surface area contributed by atoms with Crippen LogP contribution in [-0.4, -0.2) is 29.8 Å². The number of rotatable bonds is 8. The third kappa shape index (κ3) is 5.71. The molecule has 0 aliphatic rings. The van der Waals surface area contributed by atoms with Gasteiger partial charge < -0.3 is 9.64 Å². The lowest BCUT2D eigenvalue weighted by atomic mass is 10.1. The minimum absolute atomic E-state index is 0.0679. The van der Waals surface area contributed by atoms with E-state index in [1.54, 1.807) is 11.5 Å². The quantitative estimate of drug-likeness (QED) is 0.380. The minimum atomic E-state index is -3.59. The van der Waals surface area contributed by atoms with E-state index in [1.165, 1.54) is 6.07 Å². The second kappa shape index (κ2) is 10.3. The van der Waals surface area contributed by atoms with Crippen LogP contribution in [-0.2, 0) is 22.5 Å². The number of halogens is 3. The largest absolute Gasteiger partial charge is 0.483 e. The highest BCUT2D eigenvalue weighted by Crippen LogP contribution is 2.24. The third-order valence-corrected chi connectivity index (χ3v) is 3.72. The normalized spacial score (nSPS) is 15.1. The topological polar surface area (TPSA) is 108 Å². The molecule has 0 unspecified atom stereocenters. The van der Waals surface area contributed by atoms with Gasteiger partial charge in [0.2, 0.25) is 0 Å². The molecule has 0 spiro atoms. The summed E-state index contributed by atoms with van der Waals surface area (Å²) in [6, 6.07) is 5.22. The Balaban J connectivity index is 2.52. The summed E-state index contributed by atoms with van der Waals surface area (Å²) >= 11 is 0. The Morgan fingerprint density at radius 2 is 2.07 bits per heavy atom. The monoisotopic (exact) mass is 427 g/mol. The Labute approximate surface area is 180 Å². The van der Waals surface area contributed by atoms with Crippen LogP contribution in [0.1, 0.15) is 33.1 Å². The summed E-state index contributed by atoms with van der Waals surface area (Å²) in [5, 5.41) is 8.86. The molecule has 0 radical (unpaired) electrons. The molecule has 2 amide bonds. The van der Waals surface area contributed by atoms with Gasteiger partial charge in [-0.25, -0.2) is 19.0 Å². The molecule has 30 heavy (non-hydrogen) atoms. The Bertz CT molecular complexity index is 1250. The van der Waals surface area contributed by atoms with Crippen molar-refractivity contribution in [3.8, 4) is 11.8 Å². The number of nitrogens with one attached hydrogen (secondary N) is 1. The zero-order valence-corrected chi connectivity index (χ0v) is 15.1. The van der Waals surface area contributed by atoms with Gasteiger partial charge in [-0.15, -0.1) is 0 Å². The molecule has 0 saturated heterocycles. The highest BCUT2D eigenvalue weighted by atomic mass is 19.1. The lowest BCUT2D eigenvalue weighted by Gasteiger charge is -2.22. The number of ether oxygens (including phenoxy) is 1. The number of hydrogen-bond donors (Lipinski definition) is 2. The zero-order chi connectivity index (χ0) is 28.3. The van der Waals surface area contributed by atoms with Crippen LogP contribution in [0.25, 0.3) is 0 Å². The molecule has 0 saturated carbocycles. The van der Waals surface area contributed by atoms with Gasteiger partial charge in [0.15, 0.2) is 6.56 Å². The number of hydrazine groups is 1. The lowest BCUT2D eigenvalue weighted by molar-refractivity contribution is -0.138. The maximum absolute atomic E-state index is 14.5.